The fourth-order valence-corrected chi connectivity index (χ4v) is 1.74. The van der Waals surface area contributed by atoms with E-state index >= 15 is 0 Å². The van der Waals surface area contributed by atoms with Crippen molar-refractivity contribution < 1.29 is 0 Å². The Morgan fingerprint density at radius 3 is 2.83 bits per heavy atom. The summed E-state index contributed by atoms with van der Waals surface area (Å²) >= 11 is 6.08. The zero-order valence-electron chi connectivity index (χ0n) is 10.4. The van der Waals surface area contributed by atoms with Crippen LogP contribution < -0.4 is 5.32 Å². The number of rotatable bonds is 4. The van der Waals surface area contributed by atoms with Crippen LogP contribution >= 0.6 is 11.6 Å². The molecule has 94 valence electrons. The fourth-order valence-electron chi connectivity index (χ4n) is 1.55. The van der Waals surface area contributed by atoms with E-state index < -0.39 is 0 Å². The summed E-state index contributed by atoms with van der Waals surface area (Å²) in [7, 11) is 0. The Labute approximate surface area is 111 Å². The van der Waals surface area contributed by atoms with Gasteiger partial charge in [-0.1, -0.05) is 24.6 Å². The average molecular weight is 263 g/mol. The second-order valence-electron chi connectivity index (χ2n) is 3.97. The number of nitrogens with one attached hydrogen (secondary N) is 1. The lowest BCUT2D eigenvalue weighted by molar-refractivity contribution is 0.922. The first kappa shape index (κ1) is 12.8. The zero-order valence-corrected chi connectivity index (χ0v) is 11.2. The fraction of sp³-hybridized carbons (Fsp3) is 0.308. The van der Waals surface area contributed by atoms with Gasteiger partial charge in [0.25, 0.3) is 0 Å². The van der Waals surface area contributed by atoms with E-state index in [1.165, 1.54) is 0 Å². The van der Waals surface area contributed by atoms with Crippen molar-refractivity contribution in [1.29, 1.82) is 0 Å². The zero-order chi connectivity index (χ0) is 13.0. The maximum Gasteiger partial charge on any atom is 0.137 e. The van der Waals surface area contributed by atoms with Crippen LogP contribution in [0.5, 0.6) is 0 Å². The van der Waals surface area contributed by atoms with E-state index in [0.29, 0.717) is 11.7 Å². The second kappa shape index (κ2) is 5.78. The van der Waals surface area contributed by atoms with Gasteiger partial charge in [0.1, 0.15) is 16.8 Å². The standard InChI is InChI=1S/C13H15ClN4/c1-3-11-17-12(14)9(2)13(18-11)16-8-10-5-4-6-15-7-10/h4-7H,3,8H2,1-2H3,(H,16,17,18). The lowest BCUT2D eigenvalue weighted by Gasteiger charge is -2.10. The number of halogens is 1. The van der Waals surface area contributed by atoms with E-state index in [-0.39, 0.29) is 0 Å². The predicted octanol–water partition coefficient (Wildman–Crippen LogP) is 3.01. The molecule has 0 aliphatic carbocycles. The molecular weight excluding hydrogens is 248 g/mol. The number of hydrogen-bond acceptors (Lipinski definition) is 4. The molecule has 0 aromatic carbocycles. The second-order valence-corrected chi connectivity index (χ2v) is 4.33. The summed E-state index contributed by atoms with van der Waals surface area (Å²) in [6, 6.07) is 3.92. The van der Waals surface area contributed by atoms with E-state index in [1.54, 1.807) is 6.20 Å². The number of aryl methyl sites for hydroxylation is 1. The minimum atomic E-state index is 0.510. The van der Waals surface area contributed by atoms with Crippen LogP contribution in [0.1, 0.15) is 23.9 Å². The summed E-state index contributed by atoms with van der Waals surface area (Å²) in [6.07, 6.45) is 4.35. The molecule has 2 heterocycles. The quantitative estimate of drug-likeness (QED) is 0.861. The van der Waals surface area contributed by atoms with Crippen molar-refractivity contribution in [2.24, 2.45) is 0 Å². The van der Waals surface area contributed by atoms with Crippen LogP contribution in [-0.2, 0) is 13.0 Å². The molecule has 0 fully saturated rings. The first-order valence-corrected chi connectivity index (χ1v) is 6.24. The average Bonchev–Trinajstić information content (AvgIpc) is 2.41. The minimum absolute atomic E-state index is 0.510. The van der Waals surface area contributed by atoms with Crippen LogP contribution in [0.4, 0.5) is 5.82 Å². The SMILES string of the molecule is CCc1nc(Cl)c(C)c(NCc2cccnc2)n1. The van der Waals surface area contributed by atoms with Crippen molar-refractivity contribution >= 4 is 17.4 Å². The highest BCUT2D eigenvalue weighted by atomic mass is 35.5. The van der Waals surface area contributed by atoms with Gasteiger partial charge in [-0.15, -0.1) is 0 Å². The van der Waals surface area contributed by atoms with E-state index in [1.807, 2.05) is 32.2 Å². The Morgan fingerprint density at radius 1 is 1.33 bits per heavy atom. The number of nitrogens with zero attached hydrogens (tertiary/aromatic N) is 3. The molecule has 0 bridgehead atoms. The van der Waals surface area contributed by atoms with Crippen molar-refractivity contribution in [3.63, 3.8) is 0 Å². The predicted molar refractivity (Wildman–Crippen MR) is 72.7 cm³/mol. The van der Waals surface area contributed by atoms with Crippen molar-refractivity contribution in [2.75, 3.05) is 5.32 Å². The third-order valence-corrected chi connectivity index (χ3v) is 3.00. The first-order valence-electron chi connectivity index (χ1n) is 5.86. The summed E-state index contributed by atoms with van der Waals surface area (Å²) in [6.45, 7) is 4.59. The monoisotopic (exact) mass is 262 g/mol. The van der Waals surface area contributed by atoms with Crippen LogP contribution in [0.25, 0.3) is 0 Å². The Bertz CT molecular complexity index is 528. The van der Waals surface area contributed by atoms with Crippen LogP contribution in [0.15, 0.2) is 24.5 Å². The smallest absolute Gasteiger partial charge is 0.137 e. The molecule has 2 aromatic heterocycles. The molecule has 18 heavy (non-hydrogen) atoms. The van der Waals surface area contributed by atoms with Gasteiger partial charge in [-0.25, -0.2) is 9.97 Å². The third kappa shape index (κ3) is 2.96. The summed E-state index contributed by atoms with van der Waals surface area (Å²) in [4.78, 5) is 12.7. The molecule has 0 spiro atoms. The normalized spacial score (nSPS) is 10.4. The van der Waals surface area contributed by atoms with Gasteiger partial charge < -0.3 is 5.32 Å². The topological polar surface area (TPSA) is 50.7 Å². The number of aromatic nitrogens is 3. The van der Waals surface area contributed by atoms with Gasteiger partial charge in [-0.2, -0.15) is 0 Å². The molecule has 0 amide bonds. The molecule has 0 aliphatic rings. The van der Waals surface area contributed by atoms with Gasteiger partial charge in [0.2, 0.25) is 0 Å². The first-order chi connectivity index (χ1) is 8.70. The molecular formula is C13H15ClN4. The molecule has 0 saturated heterocycles. The van der Waals surface area contributed by atoms with Gasteiger partial charge in [0.15, 0.2) is 0 Å². The maximum absolute atomic E-state index is 6.08. The van der Waals surface area contributed by atoms with Gasteiger partial charge in [0.05, 0.1) is 0 Å². The maximum atomic E-state index is 6.08. The summed E-state index contributed by atoms with van der Waals surface area (Å²) in [5.41, 5.74) is 1.97. The van der Waals surface area contributed by atoms with Gasteiger partial charge in [0, 0.05) is 30.9 Å². The van der Waals surface area contributed by atoms with Crippen LogP contribution in [0, 0.1) is 6.92 Å². The molecule has 0 atom stereocenters. The minimum Gasteiger partial charge on any atom is -0.366 e. The molecule has 0 radical (unpaired) electrons. The van der Waals surface area contributed by atoms with Gasteiger partial charge in [-0.05, 0) is 18.6 Å². The molecule has 1 N–H and O–H groups in total. The highest BCUT2D eigenvalue weighted by Gasteiger charge is 2.08. The Balaban J connectivity index is 2.16. The Morgan fingerprint density at radius 2 is 2.17 bits per heavy atom. The largest absolute Gasteiger partial charge is 0.366 e. The number of hydrogen-bond donors (Lipinski definition) is 1. The molecule has 5 heteroatoms. The van der Waals surface area contributed by atoms with Crippen molar-refractivity contribution in [3.8, 4) is 0 Å². The van der Waals surface area contributed by atoms with E-state index in [0.717, 1.165) is 29.2 Å². The summed E-state index contributed by atoms with van der Waals surface area (Å²) < 4.78 is 0. The van der Waals surface area contributed by atoms with Gasteiger partial charge in [-0.3, -0.25) is 4.98 Å². The summed E-state index contributed by atoms with van der Waals surface area (Å²) in [5, 5.41) is 3.78. The van der Waals surface area contributed by atoms with Crippen LogP contribution in [0.3, 0.4) is 0 Å². The highest BCUT2D eigenvalue weighted by Crippen LogP contribution is 2.20. The van der Waals surface area contributed by atoms with E-state index in [2.05, 4.69) is 20.3 Å². The van der Waals surface area contributed by atoms with Crippen molar-refractivity contribution in [3.05, 3.63) is 46.6 Å². The lowest BCUT2D eigenvalue weighted by Crippen LogP contribution is -2.07. The number of anilines is 1. The third-order valence-electron chi connectivity index (χ3n) is 2.63. The molecule has 0 saturated carbocycles. The Hall–Kier alpha value is -1.68. The van der Waals surface area contributed by atoms with Crippen LogP contribution in [-0.4, -0.2) is 15.0 Å². The van der Waals surface area contributed by atoms with Crippen molar-refractivity contribution in [2.45, 2.75) is 26.8 Å². The molecule has 2 rings (SSSR count). The Kier molecular flexibility index (Phi) is 4.10. The molecule has 2 aromatic rings. The number of pyridine rings is 1. The highest BCUT2D eigenvalue weighted by molar-refractivity contribution is 6.30. The lowest BCUT2D eigenvalue weighted by atomic mass is 10.2. The van der Waals surface area contributed by atoms with Gasteiger partial charge >= 0.3 is 0 Å². The molecule has 4 nitrogen and oxygen atoms in total. The van der Waals surface area contributed by atoms with E-state index in [4.69, 9.17) is 11.6 Å². The van der Waals surface area contributed by atoms with Crippen molar-refractivity contribution in [1.82, 2.24) is 15.0 Å². The van der Waals surface area contributed by atoms with Crippen LogP contribution in [0.2, 0.25) is 5.15 Å². The molecule has 0 unspecified atom stereocenters. The summed E-state index contributed by atoms with van der Waals surface area (Å²) in [5.74, 6) is 1.54. The van der Waals surface area contributed by atoms with E-state index in [9.17, 15) is 0 Å². The molecule has 0 aliphatic heterocycles.